The van der Waals surface area contributed by atoms with E-state index in [0.717, 1.165) is 69.4 Å². The molecule has 0 amide bonds. The monoisotopic (exact) mass is 1920 g/mol. The van der Waals surface area contributed by atoms with Crippen molar-refractivity contribution in [2.24, 2.45) is 0 Å². The molecule has 6 nitrogen and oxygen atoms in total. The first-order valence-electron chi connectivity index (χ1n) is 54.7. The highest BCUT2D eigenvalue weighted by molar-refractivity contribution is 6.27. The molecule has 148 heavy (non-hydrogen) atoms. The number of nitrogens with zero attached hydrogens (tertiary/aromatic N) is 6. The number of hydrogen-bond donors (Lipinski definition) is 0. The third-order valence-corrected chi connectivity index (χ3v) is 35.0. The van der Waals surface area contributed by atoms with Gasteiger partial charge >= 0.3 is 0 Å². The van der Waals surface area contributed by atoms with E-state index in [4.69, 9.17) is 15.2 Å². The SMILES string of the molecule is CC(C)(C)c1cc2ccc3ccc(C4(c5ccc(-n6c(-c7ccccc7)nc7ccccc76)cc5)CCCCC4)c4ccc(c1)c2c34.CC(C)(C)c1cc2ccc3ccc(C4(c5ccc(N6c7ccccc7C(C)(C)c7ccccc76)cc5)CCCCC4)c4ccc(c1)c2c34.CC(C)(C)c1ccc(-c2nnc(-c3ccccc3)n2-c2ccc(C3(c4ccc5ccc6cc(C(C)(C)C)cc7ccc4c5c67)CCCCC3)cc2)cc1. The Morgan fingerprint density at radius 2 is 0.527 bits per heavy atom. The van der Waals surface area contributed by atoms with Crippen LogP contribution >= 0.6 is 0 Å². The van der Waals surface area contributed by atoms with Gasteiger partial charge in [0.25, 0.3) is 0 Å². The van der Waals surface area contributed by atoms with Gasteiger partial charge in [-0.2, -0.15) is 0 Å². The number of aromatic nitrogens is 5. The Morgan fingerprint density at radius 3 is 0.892 bits per heavy atom. The van der Waals surface area contributed by atoms with Gasteiger partial charge in [0.05, 0.1) is 22.4 Å². The highest BCUT2D eigenvalue weighted by atomic mass is 15.3. The molecule has 27 rings (SSSR count). The van der Waals surface area contributed by atoms with Gasteiger partial charge in [-0.15, -0.1) is 10.2 Å². The number of rotatable bonds is 12. The fourth-order valence-electron chi connectivity index (χ4n) is 27.0. The summed E-state index contributed by atoms with van der Waals surface area (Å²) in [6, 6.07) is 142. The van der Waals surface area contributed by atoms with E-state index in [1.807, 2.05) is 0 Å². The van der Waals surface area contributed by atoms with E-state index in [1.165, 1.54) is 264 Å². The van der Waals surface area contributed by atoms with Crippen LogP contribution < -0.4 is 4.90 Å². The summed E-state index contributed by atoms with van der Waals surface area (Å²) >= 11 is 0. The standard InChI is InChI=1S/C50H49N3.C47H45N.C45H40N2/c1-48(2,3)38-21-17-35(18-22-38)47-52-51-46(34-13-9-7-10-14-34)53(47)41-25-23-39(24-26-41)50(29-11-8-12-30-50)43-28-20-33-15-16-36-31-40(49(4,5)6)32-37-19-27-42(43)45(33)44(36)37;1-45(2,3)35-29-32-18-17-31-20-26-38(37-25-19-33(30-35)43(32)44(31)37)47(27-11-6-12-28-47)34-21-23-36(24-22-34)48-41-15-9-7-13-39(41)46(4,5)40-14-8-10-16-42(40)48;1-44(2,3)35-28-32-17-16-30-19-25-38(37-24-18-33(29-35)41(32)42(30)37)45(26-10-5-11-27-45)34-20-22-36(23-21-34)47-40-15-9-8-14-39(40)46-43(47)31-12-6-4-7-13-31/h7,9-10,13-28,31-32H,8,11-12,29-30H2,1-6H3;7-10,13-26,29-30H,6,11-12,27-28H2,1-5H3;4,6-9,12-25,28-29H,5,10-11,26-27H2,1-3H3. The van der Waals surface area contributed by atoms with Crippen molar-refractivity contribution < 1.29 is 0 Å². The van der Waals surface area contributed by atoms with Crippen LogP contribution in [0.25, 0.3) is 154 Å². The zero-order valence-electron chi connectivity index (χ0n) is 88.6. The Labute approximate surface area is 873 Å². The fraction of sp³-hybridized carbons (Fsp3) is 0.261. The Balaban J connectivity index is 0.000000116. The average molecular weight is 1920 g/mol. The Hall–Kier alpha value is -14.9. The molecule has 3 saturated carbocycles. The molecule has 0 radical (unpaired) electrons. The van der Waals surface area contributed by atoms with Crippen LogP contribution in [0, 0.1) is 0 Å². The van der Waals surface area contributed by atoms with Gasteiger partial charge in [-0.25, -0.2) is 4.98 Å². The van der Waals surface area contributed by atoms with Gasteiger partial charge in [0.1, 0.15) is 5.82 Å². The van der Waals surface area contributed by atoms with E-state index in [0.29, 0.717) is 0 Å². The summed E-state index contributed by atoms with van der Waals surface area (Å²) in [4.78, 5) is 7.57. The summed E-state index contributed by atoms with van der Waals surface area (Å²) in [5, 5.41) is 34.5. The zero-order chi connectivity index (χ0) is 101. The van der Waals surface area contributed by atoms with E-state index in [-0.39, 0.29) is 43.3 Å². The van der Waals surface area contributed by atoms with Crippen LogP contribution in [0.4, 0.5) is 17.1 Å². The van der Waals surface area contributed by atoms with Crippen molar-refractivity contribution in [1.82, 2.24) is 24.3 Å². The van der Waals surface area contributed by atoms with Gasteiger partial charge in [0.15, 0.2) is 11.6 Å². The number of fused-ring (bicyclic) bond motifs is 3. The van der Waals surface area contributed by atoms with Gasteiger partial charge in [-0.3, -0.25) is 9.13 Å². The lowest BCUT2D eigenvalue weighted by molar-refractivity contribution is 0.348. The summed E-state index contributed by atoms with van der Waals surface area (Å²) in [5.74, 6) is 2.68. The number of hydrogen-bond acceptors (Lipinski definition) is 4. The molecule has 0 bridgehead atoms. The molecule has 1 aliphatic heterocycles. The zero-order valence-corrected chi connectivity index (χ0v) is 88.6. The molecule has 3 fully saturated rings. The van der Waals surface area contributed by atoms with Crippen LogP contribution in [0.2, 0.25) is 0 Å². The molecule has 0 unspecified atom stereocenters. The van der Waals surface area contributed by atoms with Gasteiger partial charge < -0.3 is 4.90 Å². The summed E-state index contributed by atoms with van der Waals surface area (Å²) < 4.78 is 4.56. The first kappa shape index (κ1) is 94.2. The molecule has 2 aromatic heterocycles. The molecule has 0 spiro atoms. The Morgan fingerprint density at radius 1 is 0.230 bits per heavy atom. The van der Waals surface area contributed by atoms with Crippen LogP contribution in [-0.4, -0.2) is 24.3 Å². The average Bonchev–Trinajstić information content (AvgIpc) is 0.865. The molecule has 21 aromatic carbocycles. The second-order valence-corrected chi connectivity index (χ2v) is 48.4. The van der Waals surface area contributed by atoms with Crippen LogP contribution in [0.15, 0.2) is 376 Å². The fourth-order valence-corrected chi connectivity index (χ4v) is 27.0. The number of imidazole rings is 1. The molecule has 4 aliphatic rings. The highest BCUT2D eigenvalue weighted by Crippen LogP contribution is 2.58. The molecule has 0 N–H and O–H groups in total. The molecule has 732 valence electrons. The van der Waals surface area contributed by atoms with Crippen molar-refractivity contribution in [3.63, 3.8) is 0 Å². The first-order valence-corrected chi connectivity index (χ1v) is 54.7. The predicted octanol–water partition coefficient (Wildman–Crippen LogP) is 38.7. The van der Waals surface area contributed by atoms with Gasteiger partial charge in [-0.1, -0.05) is 470 Å². The van der Waals surface area contributed by atoms with Crippen LogP contribution in [0.3, 0.4) is 0 Å². The van der Waals surface area contributed by atoms with Crippen LogP contribution in [0.1, 0.15) is 260 Å². The molecular formula is C142H134N6. The molecule has 0 atom stereocenters. The topological polar surface area (TPSA) is 51.8 Å². The van der Waals surface area contributed by atoms with E-state index in [2.05, 4.69) is 487 Å². The molecule has 3 heterocycles. The van der Waals surface area contributed by atoms with Crippen molar-refractivity contribution in [1.29, 1.82) is 0 Å². The van der Waals surface area contributed by atoms with Crippen molar-refractivity contribution >= 4 is 125 Å². The highest BCUT2D eigenvalue weighted by Gasteiger charge is 2.44. The van der Waals surface area contributed by atoms with E-state index >= 15 is 0 Å². The molecule has 0 saturated heterocycles. The molecule has 6 heteroatoms. The van der Waals surface area contributed by atoms with Crippen LogP contribution in [-0.2, 0) is 43.3 Å². The summed E-state index contributed by atoms with van der Waals surface area (Å²) in [5.41, 5.74) is 28.6. The molecule has 23 aromatic rings. The normalized spacial score (nSPS) is 15.8. The number of para-hydroxylation sites is 4. The van der Waals surface area contributed by atoms with Crippen molar-refractivity contribution in [2.45, 2.75) is 237 Å². The number of benzene rings is 21. The van der Waals surface area contributed by atoms with E-state index in [1.54, 1.807) is 0 Å². The minimum absolute atomic E-state index is 0.00460. The maximum absolute atomic E-state index is 5.09. The lowest BCUT2D eigenvalue weighted by atomic mass is 9.64. The van der Waals surface area contributed by atoms with Crippen molar-refractivity contribution in [3.05, 3.63) is 443 Å². The summed E-state index contributed by atoms with van der Waals surface area (Å²) in [6.07, 6.45) is 18.4. The lowest BCUT2D eigenvalue weighted by Crippen LogP contribution is -2.31. The predicted molar refractivity (Wildman–Crippen MR) is 629 cm³/mol. The Kier molecular flexibility index (Phi) is 22.9. The molecule has 3 aliphatic carbocycles. The second-order valence-electron chi connectivity index (χ2n) is 48.4. The minimum Gasteiger partial charge on any atom is -0.310 e. The maximum Gasteiger partial charge on any atom is 0.168 e. The number of anilines is 3. The van der Waals surface area contributed by atoms with Gasteiger partial charge in [-0.05, 0) is 285 Å². The van der Waals surface area contributed by atoms with Crippen molar-refractivity contribution in [3.8, 4) is 45.5 Å². The maximum atomic E-state index is 5.09. The summed E-state index contributed by atoms with van der Waals surface area (Å²) in [6.45, 7) is 32.3. The largest absolute Gasteiger partial charge is 0.310 e. The first-order chi connectivity index (χ1) is 71.6. The smallest absolute Gasteiger partial charge is 0.168 e. The Bertz CT molecular complexity index is 8850. The van der Waals surface area contributed by atoms with Gasteiger partial charge in [0.2, 0.25) is 0 Å². The van der Waals surface area contributed by atoms with E-state index < -0.39 is 0 Å². The van der Waals surface area contributed by atoms with Crippen LogP contribution in [0.5, 0.6) is 0 Å². The van der Waals surface area contributed by atoms with Crippen molar-refractivity contribution in [2.75, 3.05) is 4.90 Å². The summed E-state index contributed by atoms with van der Waals surface area (Å²) in [7, 11) is 0. The minimum atomic E-state index is -0.0588. The van der Waals surface area contributed by atoms with Gasteiger partial charge in [0, 0.05) is 55.4 Å². The van der Waals surface area contributed by atoms with E-state index in [9.17, 15) is 0 Å². The molecular weight excluding hydrogens is 1790 g/mol. The third-order valence-electron chi connectivity index (χ3n) is 35.0. The second kappa shape index (κ2) is 36.0. The quantitative estimate of drug-likeness (QED) is 0.114. The third kappa shape index (κ3) is 15.9. The lowest BCUT2D eigenvalue weighted by Gasteiger charge is -2.42.